The molecular weight excluding hydrogens is 359 g/mol. The van der Waals surface area contributed by atoms with Crippen LogP contribution >= 0.6 is 23.2 Å². The van der Waals surface area contributed by atoms with Gasteiger partial charge in [-0.1, -0.05) is 23.2 Å². The lowest BCUT2D eigenvalue weighted by atomic mass is 10.2. The lowest BCUT2D eigenvalue weighted by Gasteiger charge is -2.10. The second-order valence-electron chi connectivity index (χ2n) is 6.78. The number of amides is 2. The van der Waals surface area contributed by atoms with Gasteiger partial charge in [0.15, 0.2) is 0 Å². The van der Waals surface area contributed by atoms with E-state index in [-0.39, 0.29) is 6.03 Å². The van der Waals surface area contributed by atoms with Crippen LogP contribution in [0.3, 0.4) is 0 Å². The van der Waals surface area contributed by atoms with Crippen LogP contribution in [0, 0.1) is 0 Å². The number of benzene rings is 1. The minimum absolute atomic E-state index is 0.263. The molecule has 2 aliphatic rings. The highest BCUT2D eigenvalue weighted by atomic mass is 35.5. The SMILES string of the molecule is O=C(NCCn1nc(C2CC2)cc1C1CC1)Nc1ccc(Cl)c(Cl)c1. The number of carbonyl (C=O) groups is 1. The molecule has 0 unspecified atom stereocenters. The van der Waals surface area contributed by atoms with Crippen LogP contribution in [0.1, 0.15) is 48.9 Å². The van der Waals surface area contributed by atoms with E-state index >= 15 is 0 Å². The van der Waals surface area contributed by atoms with Gasteiger partial charge in [0.1, 0.15) is 0 Å². The van der Waals surface area contributed by atoms with Gasteiger partial charge in [-0.3, -0.25) is 4.68 Å². The Labute approximate surface area is 156 Å². The van der Waals surface area contributed by atoms with E-state index < -0.39 is 0 Å². The van der Waals surface area contributed by atoms with E-state index in [0.717, 1.165) is 0 Å². The second-order valence-corrected chi connectivity index (χ2v) is 7.59. The Morgan fingerprint density at radius 1 is 1.12 bits per heavy atom. The number of halogens is 2. The van der Waals surface area contributed by atoms with Crippen LogP contribution in [0.2, 0.25) is 10.0 Å². The summed E-state index contributed by atoms with van der Waals surface area (Å²) in [6, 6.07) is 7.01. The van der Waals surface area contributed by atoms with Crippen molar-refractivity contribution in [1.29, 1.82) is 0 Å². The van der Waals surface area contributed by atoms with Crippen molar-refractivity contribution in [2.45, 2.75) is 44.1 Å². The molecule has 2 fully saturated rings. The van der Waals surface area contributed by atoms with Gasteiger partial charge in [-0.2, -0.15) is 5.10 Å². The van der Waals surface area contributed by atoms with E-state index in [4.69, 9.17) is 28.3 Å². The van der Waals surface area contributed by atoms with Crippen molar-refractivity contribution >= 4 is 34.9 Å². The van der Waals surface area contributed by atoms with E-state index in [1.54, 1.807) is 18.2 Å². The zero-order chi connectivity index (χ0) is 17.4. The molecule has 1 heterocycles. The average Bonchev–Trinajstić information content (AvgIpc) is 3.50. The zero-order valence-corrected chi connectivity index (χ0v) is 15.3. The molecule has 1 aromatic carbocycles. The Kier molecular flexibility index (Phi) is 4.61. The van der Waals surface area contributed by atoms with Gasteiger partial charge in [-0.15, -0.1) is 0 Å². The highest BCUT2D eigenvalue weighted by Crippen LogP contribution is 2.44. The van der Waals surface area contributed by atoms with E-state index in [0.29, 0.717) is 40.7 Å². The number of nitrogens with one attached hydrogen (secondary N) is 2. The first-order valence-corrected chi connectivity index (χ1v) is 9.43. The topological polar surface area (TPSA) is 59.0 Å². The Morgan fingerprint density at radius 3 is 2.56 bits per heavy atom. The molecule has 2 aromatic rings. The molecular formula is C18H20Cl2N4O. The highest BCUT2D eigenvalue weighted by Gasteiger charge is 2.32. The first-order chi connectivity index (χ1) is 12.1. The summed E-state index contributed by atoms with van der Waals surface area (Å²) in [5.74, 6) is 1.31. The molecule has 2 amide bonds. The fourth-order valence-corrected chi connectivity index (χ4v) is 3.24. The van der Waals surface area contributed by atoms with Crippen molar-refractivity contribution in [3.8, 4) is 0 Å². The van der Waals surface area contributed by atoms with Crippen LogP contribution in [0.4, 0.5) is 10.5 Å². The summed E-state index contributed by atoms with van der Waals surface area (Å²) in [6.45, 7) is 1.21. The second kappa shape index (κ2) is 6.89. The van der Waals surface area contributed by atoms with Crippen molar-refractivity contribution in [3.05, 3.63) is 45.7 Å². The van der Waals surface area contributed by atoms with Gasteiger partial charge in [0.25, 0.3) is 0 Å². The van der Waals surface area contributed by atoms with Crippen LogP contribution in [0.25, 0.3) is 0 Å². The molecule has 4 rings (SSSR count). The molecule has 0 saturated heterocycles. The van der Waals surface area contributed by atoms with E-state index in [2.05, 4.69) is 21.4 Å². The quantitative estimate of drug-likeness (QED) is 0.760. The van der Waals surface area contributed by atoms with Gasteiger partial charge in [0.05, 0.1) is 22.3 Å². The Hall–Kier alpha value is -1.72. The molecule has 0 spiro atoms. The fraction of sp³-hybridized carbons (Fsp3) is 0.444. The molecule has 2 N–H and O–H groups in total. The van der Waals surface area contributed by atoms with E-state index in [9.17, 15) is 4.79 Å². The third-order valence-corrected chi connectivity index (χ3v) is 5.35. The lowest BCUT2D eigenvalue weighted by Crippen LogP contribution is -2.32. The van der Waals surface area contributed by atoms with Gasteiger partial charge in [-0.05, 0) is 49.9 Å². The molecule has 132 valence electrons. The summed E-state index contributed by atoms with van der Waals surface area (Å²) in [5.41, 5.74) is 3.16. The maximum atomic E-state index is 12.0. The predicted molar refractivity (Wildman–Crippen MR) is 99.7 cm³/mol. The third kappa shape index (κ3) is 4.10. The summed E-state index contributed by atoms with van der Waals surface area (Å²) in [4.78, 5) is 12.0. The largest absolute Gasteiger partial charge is 0.336 e. The van der Waals surface area contributed by atoms with E-state index in [1.807, 2.05) is 0 Å². The zero-order valence-electron chi connectivity index (χ0n) is 13.8. The summed E-state index contributed by atoms with van der Waals surface area (Å²) in [5, 5.41) is 11.3. The van der Waals surface area contributed by atoms with Crippen molar-refractivity contribution in [1.82, 2.24) is 15.1 Å². The van der Waals surface area contributed by atoms with Crippen molar-refractivity contribution < 1.29 is 4.79 Å². The van der Waals surface area contributed by atoms with Crippen LogP contribution in [0.5, 0.6) is 0 Å². The standard InChI is InChI=1S/C18H20Cl2N4O/c19-14-6-5-13(9-15(14)20)22-18(25)21-7-8-24-17(12-3-4-12)10-16(23-24)11-1-2-11/h5-6,9-12H,1-4,7-8H2,(H2,21,22,25). The molecule has 1 aromatic heterocycles. The average molecular weight is 379 g/mol. The molecule has 25 heavy (non-hydrogen) atoms. The predicted octanol–water partition coefficient (Wildman–Crippen LogP) is 4.77. The minimum Gasteiger partial charge on any atom is -0.336 e. The van der Waals surface area contributed by atoms with Crippen LogP contribution < -0.4 is 10.6 Å². The first-order valence-electron chi connectivity index (χ1n) is 8.67. The van der Waals surface area contributed by atoms with Crippen LogP contribution in [-0.4, -0.2) is 22.4 Å². The van der Waals surface area contributed by atoms with E-state index in [1.165, 1.54) is 37.1 Å². The maximum Gasteiger partial charge on any atom is 0.319 e. The molecule has 7 heteroatoms. The third-order valence-electron chi connectivity index (χ3n) is 4.61. The molecule has 2 aliphatic carbocycles. The number of hydrogen-bond acceptors (Lipinski definition) is 2. The summed E-state index contributed by atoms with van der Waals surface area (Å²) >= 11 is 11.8. The normalized spacial score (nSPS) is 16.7. The molecule has 0 atom stereocenters. The number of hydrogen-bond donors (Lipinski definition) is 2. The molecule has 0 radical (unpaired) electrons. The summed E-state index contributed by atoms with van der Waals surface area (Å²) in [7, 11) is 0. The minimum atomic E-state index is -0.263. The van der Waals surface area contributed by atoms with Gasteiger partial charge in [0, 0.05) is 29.8 Å². The number of rotatable bonds is 6. The first kappa shape index (κ1) is 16.7. The van der Waals surface area contributed by atoms with Crippen molar-refractivity contribution in [2.24, 2.45) is 0 Å². The van der Waals surface area contributed by atoms with Gasteiger partial charge < -0.3 is 10.6 Å². The summed E-state index contributed by atoms with van der Waals surface area (Å²) < 4.78 is 2.07. The monoisotopic (exact) mass is 378 g/mol. The number of carbonyl (C=O) groups excluding carboxylic acids is 1. The van der Waals surface area contributed by atoms with Crippen molar-refractivity contribution in [2.75, 3.05) is 11.9 Å². The highest BCUT2D eigenvalue weighted by molar-refractivity contribution is 6.42. The lowest BCUT2D eigenvalue weighted by molar-refractivity contribution is 0.251. The van der Waals surface area contributed by atoms with Gasteiger partial charge in [0.2, 0.25) is 0 Å². The van der Waals surface area contributed by atoms with Gasteiger partial charge in [-0.25, -0.2) is 4.79 Å². The van der Waals surface area contributed by atoms with Gasteiger partial charge >= 0.3 is 6.03 Å². The smallest absolute Gasteiger partial charge is 0.319 e. The van der Waals surface area contributed by atoms with Crippen LogP contribution in [0.15, 0.2) is 24.3 Å². The Balaban J connectivity index is 1.31. The number of aromatic nitrogens is 2. The molecule has 0 aliphatic heterocycles. The molecule has 2 saturated carbocycles. The Bertz CT molecular complexity index is 796. The van der Waals surface area contributed by atoms with Crippen molar-refractivity contribution in [3.63, 3.8) is 0 Å². The number of anilines is 1. The fourth-order valence-electron chi connectivity index (χ4n) is 2.94. The van der Waals surface area contributed by atoms with Crippen LogP contribution in [-0.2, 0) is 6.54 Å². The molecule has 5 nitrogen and oxygen atoms in total. The molecule has 0 bridgehead atoms. The number of nitrogens with zero attached hydrogens (tertiary/aromatic N) is 2. The Morgan fingerprint density at radius 2 is 1.88 bits per heavy atom. The maximum absolute atomic E-state index is 12.0. The number of urea groups is 1. The summed E-state index contributed by atoms with van der Waals surface area (Å²) in [6.07, 6.45) is 5.01.